The predicted octanol–water partition coefficient (Wildman–Crippen LogP) is 2.33. The zero-order chi connectivity index (χ0) is 12.5. The van der Waals surface area contributed by atoms with Crippen LogP contribution < -0.4 is 5.32 Å². The average molecular weight is 244 g/mol. The van der Waals surface area contributed by atoms with Crippen molar-refractivity contribution in [2.75, 3.05) is 13.1 Å². The topological polar surface area (TPSA) is 65.1 Å². The SMILES string of the molecule is O=C(O)c1cc2cc(C3CCNCC3)ccc2[nH]1. The third-order valence-electron chi connectivity index (χ3n) is 3.69. The van der Waals surface area contributed by atoms with Crippen LogP contribution >= 0.6 is 0 Å². The minimum atomic E-state index is -0.908. The minimum Gasteiger partial charge on any atom is -0.477 e. The van der Waals surface area contributed by atoms with E-state index in [0.717, 1.165) is 36.8 Å². The highest BCUT2D eigenvalue weighted by atomic mass is 16.4. The van der Waals surface area contributed by atoms with Gasteiger partial charge in [-0.3, -0.25) is 0 Å². The van der Waals surface area contributed by atoms with Gasteiger partial charge in [-0.2, -0.15) is 0 Å². The minimum absolute atomic E-state index is 0.257. The van der Waals surface area contributed by atoms with Crippen molar-refractivity contribution in [3.05, 3.63) is 35.5 Å². The maximum Gasteiger partial charge on any atom is 0.352 e. The van der Waals surface area contributed by atoms with Crippen molar-refractivity contribution in [3.8, 4) is 0 Å². The van der Waals surface area contributed by atoms with Gasteiger partial charge >= 0.3 is 5.97 Å². The van der Waals surface area contributed by atoms with Gasteiger partial charge in [-0.15, -0.1) is 0 Å². The van der Waals surface area contributed by atoms with E-state index in [1.165, 1.54) is 5.56 Å². The second-order valence-electron chi connectivity index (χ2n) is 4.86. The van der Waals surface area contributed by atoms with Crippen LogP contribution in [0.2, 0.25) is 0 Å². The normalized spacial score (nSPS) is 17.1. The number of carbonyl (C=O) groups is 1. The van der Waals surface area contributed by atoms with Crippen LogP contribution in [0.1, 0.15) is 34.8 Å². The molecule has 1 aliphatic rings. The largest absolute Gasteiger partial charge is 0.477 e. The molecular formula is C14H16N2O2. The highest BCUT2D eigenvalue weighted by Crippen LogP contribution is 2.28. The first-order valence-corrected chi connectivity index (χ1v) is 6.31. The summed E-state index contributed by atoms with van der Waals surface area (Å²) in [6, 6.07) is 7.93. The maximum atomic E-state index is 10.9. The highest BCUT2D eigenvalue weighted by molar-refractivity contribution is 5.93. The van der Waals surface area contributed by atoms with Gasteiger partial charge in [0.05, 0.1) is 0 Å². The molecule has 0 spiro atoms. The van der Waals surface area contributed by atoms with Gasteiger partial charge in [0.2, 0.25) is 0 Å². The first kappa shape index (κ1) is 11.3. The highest BCUT2D eigenvalue weighted by Gasteiger charge is 2.16. The van der Waals surface area contributed by atoms with Crippen LogP contribution in [0.15, 0.2) is 24.3 Å². The van der Waals surface area contributed by atoms with Gasteiger partial charge in [0.25, 0.3) is 0 Å². The van der Waals surface area contributed by atoms with Crippen molar-refractivity contribution in [3.63, 3.8) is 0 Å². The third kappa shape index (κ3) is 1.99. The number of carboxylic acids is 1. The van der Waals surface area contributed by atoms with Crippen molar-refractivity contribution in [2.24, 2.45) is 0 Å². The summed E-state index contributed by atoms with van der Waals surface area (Å²) < 4.78 is 0. The smallest absolute Gasteiger partial charge is 0.352 e. The van der Waals surface area contributed by atoms with E-state index in [0.29, 0.717) is 5.92 Å². The van der Waals surface area contributed by atoms with Crippen molar-refractivity contribution >= 4 is 16.9 Å². The van der Waals surface area contributed by atoms with Gasteiger partial charge in [0.1, 0.15) is 5.69 Å². The Bertz CT molecular complexity index is 582. The zero-order valence-electron chi connectivity index (χ0n) is 10.1. The predicted molar refractivity (Wildman–Crippen MR) is 70.1 cm³/mol. The van der Waals surface area contributed by atoms with Crippen molar-refractivity contribution in [1.82, 2.24) is 10.3 Å². The standard InChI is InChI=1S/C14H16N2O2/c17-14(18)13-8-11-7-10(1-2-12(11)16-13)9-3-5-15-6-4-9/h1-2,7-9,15-16H,3-6H2,(H,17,18). The fraction of sp³-hybridized carbons (Fsp3) is 0.357. The van der Waals surface area contributed by atoms with Gasteiger partial charge < -0.3 is 15.4 Å². The fourth-order valence-electron chi connectivity index (χ4n) is 2.68. The number of H-pyrrole nitrogens is 1. The van der Waals surface area contributed by atoms with Gasteiger partial charge in [0, 0.05) is 10.9 Å². The van der Waals surface area contributed by atoms with Crippen molar-refractivity contribution in [2.45, 2.75) is 18.8 Å². The number of carboxylic acid groups (broad SMARTS) is 1. The Balaban J connectivity index is 1.96. The molecule has 18 heavy (non-hydrogen) atoms. The Hall–Kier alpha value is -1.81. The quantitative estimate of drug-likeness (QED) is 0.759. The van der Waals surface area contributed by atoms with Crippen LogP contribution in [0.3, 0.4) is 0 Å². The fourth-order valence-corrected chi connectivity index (χ4v) is 2.68. The average Bonchev–Trinajstić information content (AvgIpc) is 2.82. The molecule has 3 N–H and O–H groups in total. The molecule has 1 aromatic carbocycles. The molecule has 2 aromatic rings. The number of benzene rings is 1. The molecule has 4 heteroatoms. The first-order chi connectivity index (χ1) is 8.74. The van der Waals surface area contributed by atoms with E-state index >= 15 is 0 Å². The molecule has 4 nitrogen and oxygen atoms in total. The molecule has 0 aliphatic carbocycles. The molecular weight excluding hydrogens is 228 g/mol. The van der Waals surface area contributed by atoms with E-state index in [9.17, 15) is 4.79 Å². The Labute approximate surface area is 105 Å². The lowest BCUT2D eigenvalue weighted by molar-refractivity contribution is 0.0691. The molecule has 1 aliphatic heterocycles. The van der Waals surface area contributed by atoms with Crippen LogP contribution in [0.25, 0.3) is 10.9 Å². The van der Waals surface area contributed by atoms with Crippen LogP contribution in [0.5, 0.6) is 0 Å². The number of rotatable bonds is 2. The number of hydrogen-bond acceptors (Lipinski definition) is 2. The molecule has 94 valence electrons. The molecule has 1 fully saturated rings. The monoisotopic (exact) mass is 244 g/mol. The molecule has 1 aromatic heterocycles. The van der Waals surface area contributed by atoms with Crippen molar-refractivity contribution in [1.29, 1.82) is 0 Å². The number of nitrogens with one attached hydrogen (secondary N) is 2. The number of aromatic carboxylic acids is 1. The van der Waals surface area contributed by atoms with Crippen LogP contribution in [-0.4, -0.2) is 29.1 Å². The Morgan fingerprint density at radius 3 is 2.72 bits per heavy atom. The van der Waals surface area contributed by atoms with E-state index in [2.05, 4.69) is 22.4 Å². The van der Waals surface area contributed by atoms with Gasteiger partial charge in [-0.25, -0.2) is 4.79 Å². The molecule has 0 radical (unpaired) electrons. The lowest BCUT2D eigenvalue weighted by atomic mass is 9.90. The number of aromatic nitrogens is 1. The van der Waals surface area contributed by atoms with Gasteiger partial charge in [-0.05, 0) is 55.6 Å². The molecule has 2 heterocycles. The summed E-state index contributed by atoms with van der Waals surface area (Å²) in [7, 11) is 0. The van der Waals surface area contributed by atoms with Crippen molar-refractivity contribution < 1.29 is 9.90 Å². The van der Waals surface area contributed by atoms with E-state index in [1.54, 1.807) is 6.07 Å². The Morgan fingerprint density at radius 1 is 1.22 bits per heavy atom. The number of aromatic amines is 1. The summed E-state index contributed by atoms with van der Waals surface area (Å²) in [6.07, 6.45) is 2.31. The van der Waals surface area contributed by atoms with Crippen LogP contribution in [-0.2, 0) is 0 Å². The number of piperidine rings is 1. The van der Waals surface area contributed by atoms with E-state index in [1.807, 2.05) is 6.07 Å². The van der Waals surface area contributed by atoms with E-state index in [4.69, 9.17) is 5.11 Å². The molecule has 0 atom stereocenters. The zero-order valence-corrected chi connectivity index (χ0v) is 10.1. The summed E-state index contributed by atoms with van der Waals surface area (Å²) in [5, 5.41) is 13.3. The number of hydrogen-bond donors (Lipinski definition) is 3. The second-order valence-corrected chi connectivity index (χ2v) is 4.86. The van der Waals surface area contributed by atoms with Gasteiger partial charge in [-0.1, -0.05) is 6.07 Å². The lowest BCUT2D eigenvalue weighted by Gasteiger charge is -2.22. The second kappa shape index (κ2) is 4.46. The summed E-state index contributed by atoms with van der Waals surface area (Å²) in [4.78, 5) is 13.8. The summed E-state index contributed by atoms with van der Waals surface area (Å²) in [6.45, 7) is 2.13. The molecule has 0 unspecified atom stereocenters. The van der Waals surface area contributed by atoms with E-state index < -0.39 is 5.97 Å². The maximum absolute atomic E-state index is 10.9. The number of fused-ring (bicyclic) bond motifs is 1. The lowest BCUT2D eigenvalue weighted by Crippen LogP contribution is -2.26. The summed E-state index contributed by atoms with van der Waals surface area (Å²) in [5.41, 5.74) is 2.47. The molecule has 3 rings (SSSR count). The molecule has 0 bridgehead atoms. The van der Waals surface area contributed by atoms with Gasteiger partial charge in [0.15, 0.2) is 0 Å². The van der Waals surface area contributed by atoms with Crippen LogP contribution in [0, 0.1) is 0 Å². The Kier molecular flexibility index (Phi) is 2.80. The molecule has 0 amide bonds. The van der Waals surface area contributed by atoms with Crippen LogP contribution in [0.4, 0.5) is 0 Å². The van der Waals surface area contributed by atoms with E-state index in [-0.39, 0.29) is 5.69 Å². The molecule has 0 saturated carbocycles. The third-order valence-corrected chi connectivity index (χ3v) is 3.69. The summed E-state index contributed by atoms with van der Waals surface area (Å²) >= 11 is 0. The summed E-state index contributed by atoms with van der Waals surface area (Å²) in [5.74, 6) is -0.312. The Morgan fingerprint density at radius 2 is 2.00 bits per heavy atom. The molecule has 1 saturated heterocycles. The first-order valence-electron chi connectivity index (χ1n) is 6.31.